The summed E-state index contributed by atoms with van der Waals surface area (Å²) in [5, 5.41) is 0. The Morgan fingerprint density at radius 3 is 2.52 bits per heavy atom. The fourth-order valence-corrected chi connectivity index (χ4v) is 1.86. The number of unbranched alkanes of at least 4 members (excludes halogenated alkanes) is 2. The number of aromatic nitrogens is 1. The predicted octanol–water partition coefficient (Wildman–Crippen LogP) is 4.45. The number of ether oxygens (including phenoxy) is 2. The van der Waals surface area contributed by atoms with Gasteiger partial charge in [0, 0.05) is 17.8 Å². The van der Waals surface area contributed by atoms with Gasteiger partial charge in [-0.25, -0.2) is 9.78 Å². The van der Waals surface area contributed by atoms with Gasteiger partial charge in [-0.3, -0.25) is 0 Å². The largest absolute Gasteiger partial charge is 0.515 e. The minimum absolute atomic E-state index is 0.246. The van der Waals surface area contributed by atoms with Crippen LogP contribution in [0.2, 0.25) is 0 Å². The third-order valence-electron chi connectivity index (χ3n) is 3.00. The molecule has 0 spiro atoms. The number of pyridine rings is 1. The van der Waals surface area contributed by atoms with Crippen LogP contribution < -0.4 is 4.74 Å². The lowest BCUT2D eigenvalue weighted by Gasteiger charge is -2.06. The molecule has 0 aliphatic rings. The van der Waals surface area contributed by atoms with E-state index in [1.807, 2.05) is 36.4 Å². The molecular weight excluding hydrogens is 266 g/mol. The Morgan fingerprint density at radius 1 is 1.05 bits per heavy atom. The molecule has 1 aromatic carbocycles. The van der Waals surface area contributed by atoms with Crippen LogP contribution in [-0.4, -0.2) is 17.7 Å². The number of carbonyl (C=O) groups excluding carboxylic acids is 1. The minimum atomic E-state index is -0.703. The summed E-state index contributed by atoms with van der Waals surface area (Å²) < 4.78 is 9.97. The highest BCUT2D eigenvalue weighted by molar-refractivity contribution is 5.65. The van der Waals surface area contributed by atoms with E-state index in [1.54, 1.807) is 12.3 Å². The molecule has 0 unspecified atom stereocenters. The first-order valence-corrected chi connectivity index (χ1v) is 7.15. The maximum Gasteiger partial charge on any atom is 0.515 e. The van der Waals surface area contributed by atoms with Gasteiger partial charge in [0.15, 0.2) is 0 Å². The highest BCUT2D eigenvalue weighted by atomic mass is 16.7. The van der Waals surface area contributed by atoms with Gasteiger partial charge in [0.25, 0.3) is 0 Å². The van der Waals surface area contributed by atoms with Crippen LogP contribution >= 0.6 is 0 Å². The second kappa shape index (κ2) is 8.04. The van der Waals surface area contributed by atoms with Crippen molar-refractivity contribution in [1.82, 2.24) is 4.98 Å². The van der Waals surface area contributed by atoms with Gasteiger partial charge >= 0.3 is 6.16 Å². The molecular formula is C17H19NO3. The third kappa shape index (κ3) is 4.91. The first-order valence-electron chi connectivity index (χ1n) is 7.15. The van der Waals surface area contributed by atoms with Crippen LogP contribution in [0.15, 0.2) is 48.7 Å². The molecule has 0 amide bonds. The SMILES string of the molecule is CCCCCOC(=O)Oc1ccc(-c2ccccc2)cn1. The predicted molar refractivity (Wildman–Crippen MR) is 81.2 cm³/mol. The molecule has 0 saturated heterocycles. The zero-order valence-corrected chi connectivity index (χ0v) is 12.1. The van der Waals surface area contributed by atoms with Crippen molar-refractivity contribution in [2.45, 2.75) is 26.2 Å². The number of carbonyl (C=O) groups is 1. The summed E-state index contributed by atoms with van der Waals surface area (Å²) in [6, 6.07) is 13.4. The number of hydrogen-bond acceptors (Lipinski definition) is 4. The summed E-state index contributed by atoms with van der Waals surface area (Å²) in [6.07, 6.45) is 3.95. The van der Waals surface area contributed by atoms with Crippen molar-refractivity contribution >= 4 is 6.16 Å². The molecule has 0 atom stereocenters. The molecule has 21 heavy (non-hydrogen) atoms. The van der Waals surface area contributed by atoms with Crippen LogP contribution in [0.5, 0.6) is 5.88 Å². The first kappa shape index (κ1) is 15.0. The Balaban J connectivity index is 1.86. The maximum atomic E-state index is 11.4. The van der Waals surface area contributed by atoms with Crippen LogP contribution in [0.4, 0.5) is 4.79 Å². The molecule has 0 aliphatic carbocycles. The van der Waals surface area contributed by atoms with Gasteiger partial charge < -0.3 is 9.47 Å². The molecule has 2 rings (SSSR count). The lowest BCUT2D eigenvalue weighted by molar-refractivity contribution is 0.0959. The van der Waals surface area contributed by atoms with Crippen molar-refractivity contribution in [3.05, 3.63) is 48.7 Å². The van der Waals surface area contributed by atoms with E-state index in [0.29, 0.717) is 6.61 Å². The van der Waals surface area contributed by atoms with Crippen molar-refractivity contribution in [2.24, 2.45) is 0 Å². The van der Waals surface area contributed by atoms with E-state index in [9.17, 15) is 4.79 Å². The quantitative estimate of drug-likeness (QED) is 0.581. The van der Waals surface area contributed by atoms with Crippen molar-refractivity contribution < 1.29 is 14.3 Å². The van der Waals surface area contributed by atoms with Crippen molar-refractivity contribution in [3.63, 3.8) is 0 Å². The molecule has 0 bridgehead atoms. The average Bonchev–Trinajstić information content (AvgIpc) is 2.53. The normalized spacial score (nSPS) is 10.1. The average molecular weight is 285 g/mol. The van der Waals surface area contributed by atoms with Gasteiger partial charge in [0.2, 0.25) is 5.88 Å². The third-order valence-corrected chi connectivity index (χ3v) is 3.00. The maximum absolute atomic E-state index is 11.4. The highest BCUT2D eigenvalue weighted by Crippen LogP contribution is 2.19. The molecule has 2 aromatic rings. The second-order valence-electron chi connectivity index (χ2n) is 4.66. The van der Waals surface area contributed by atoms with Gasteiger partial charge in [-0.1, -0.05) is 50.1 Å². The summed E-state index contributed by atoms with van der Waals surface area (Å²) >= 11 is 0. The molecule has 110 valence electrons. The number of rotatable bonds is 6. The van der Waals surface area contributed by atoms with Crippen LogP contribution in [-0.2, 0) is 4.74 Å². The summed E-state index contributed by atoms with van der Waals surface area (Å²) in [5.74, 6) is 0.246. The molecule has 1 heterocycles. The summed E-state index contributed by atoms with van der Waals surface area (Å²) in [6.45, 7) is 2.48. The number of hydrogen-bond donors (Lipinski definition) is 0. The summed E-state index contributed by atoms with van der Waals surface area (Å²) in [4.78, 5) is 15.6. The van der Waals surface area contributed by atoms with Gasteiger partial charge in [-0.2, -0.15) is 0 Å². The van der Waals surface area contributed by atoms with Gasteiger partial charge in [0.05, 0.1) is 6.61 Å². The Hall–Kier alpha value is -2.36. The number of benzene rings is 1. The zero-order chi connectivity index (χ0) is 14.9. The zero-order valence-electron chi connectivity index (χ0n) is 12.1. The molecule has 0 aliphatic heterocycles. The molecule has 0 radical (unpaired) electrons. The van der Waals surface area contributed by atoms with E-state index < -0.39 is 6.16 Å². The van der Waals surface area contributed by atoms with E-state index in [0.717, 1.165) is 30.4 Å². The molecule has 0 saturated carbocycles. The lowest BCUT2D eigenvalue weighted by atomic mass is 10.1. The summed E-state index contributed by atoms with van der Waals surface area (Å²) in [5.41, 5.74) is 2.04. The fraction of sp³-hybridized carbons (Fsp3) is 0.294. The Morgan fingerprint density at radius 2 is 1.86 bits per heavy atom. The van der Waals surface area contributed by atoms with E-state index >= 15 is 0 Å². The standard InChI is InChI=1S/C17H19NO3/c1-2-3-7-12-20-17(19)21-16-11-10-15(13-18-16)14-8-5-4-6-9-14/h4-6,8-11,13H,2-3,7,12H2,1H3. The molecule has 4 nitrogen and oxygen atoms in total. The van der Waals surface area contributed by atoms with E-state index in [4.69, 9.17) is 9.47 Å². The van der Waals surface area contributed by atoms with E-state index in [1.165, 1.54) is 0 Å². The number of nitrogens with zero attached hydrogens (tertiary/aromatic N) is 1. The topological polar surface area (TPSA) is 48.4 Å². The minimum Gasteiger partial charge on any atom is -0.434 e. The Kier molecular flexibility index (Phi) is 5.76. The van der Waals surface area contributed by atoms with Crippen LogP contribution in [0.1, 0.15) is 26.2 Å². The second-order valence-corrected chi connectivity index (χ2v) is 4.66. The van der Waals surface area contributed by atoms with Crippen molar-refractivity contribution in [3.8, 4) is 17.0 Å². The van der Waals surface area contributed by atoms with Gasteiger partial charge in [0.1, 0.15) is 0 Å². The molecule has 0 N–H and O–H groups in total. The van der Waals surface area contributed by atoms with Crippen LogP contribution in [0.3, 0.4) is 0 Å². The lowest BCUT2D eigenvalue weighted by Crippen LogP contribution is -2.12. The molecule has 1 aromatic heterocycles. The summed E-state index contributed by atoms with van der Waals surface area (Å²) in [7, 11) is 0. The van der Waals surface area contributed by atoms with E-state index in [2.05, 4.69) is 11.9 Å². The molecule has 0 fully saturated rings. The van der Waals surface area contributed by atoms with Crippen molar-refractivity contribution in [2.75, 3.05) is 6.61 Å². The highest BCUT2D eigenvalue weighted by Gasteiger charge is 2.07. The van der Waals surface area contributed by atoms with Gasteiger partial charge in [-0.05, 0) is 18.1 Å². The smallest absolute Gasteiger partial charge is 0.434 e. The van der Waals surface area contributed by atoms with Crippen LogP contribution in [0.25, 0.3) is 11.1 Å². The van der Waals surface area contributed by atoms with Crippen LogP contribution in [0, 0.1) is 0 Å². The monoisotopic (exact) mass is 285 g/mol. The fourth-order valence-electron chi connectivity index (χ4n) is 1.86. The van der Waals surface area contributed by atoms with Gasteiger partial charge in [-0.15, -0.1) is 0 Å². The first-order chi connectivity index (χ1) is 10.3. The Labute approximate surface area is 124 Å². The van der Waals surface area contributed by atoms with Crippen molar-refractivity contribution in [1.29, 1.82) is 0 Å². The Bertz CT molecular complexity index is 552. The van der Waals surface area contributed by atoms with E-state index in [-0.39, 0.29) is 5.88 Å². The molecule has 4 heteroatoms.